The molecule has 0 N–H and O–H groups in total. The van der Waals surface area contributed by atoms with E-state index in [0.717, 1.165) is 156 Å². The molecule has 7 heteroatoms. The zero-order valence-electron chi connectivity index (χ0n) is 52.9. The SMILES string of the molecule is CC(C)(C)c1cc(-c2ccccc2)c(N2c3cc(C(C)(C)C)cc4c3B(c3cc5c6c(c3N4c3c(-c4ccccc4)cc(C(C)(C)C)cc3-c3ccccc3)Oc3ccccc3B6c3ccccc3O5)c3c2ccc2c3oc3ccccc32)c(-c2ccccc2)c1. The van der Waals surface area contributed by atoms with E-state index < -0.39 is 6.71 Å². The Morgan fingerprint density at radius 2 is 0.736 bits per heavy atom. The van der Waals surface area contributed by atoms with Gasteiger partial charge in [0.1, 0.15) is 34.2 Å². The lowest BCUT2D eigenvalue weighted by Crippen LogP contribution is -2.63. The van der Waals surface area contributed by atoms with E-state index in [1.165, 1.54) is 16.7 Å². The molecule has 0 spiro atoms. The van der Waals surface area contributed by atoms with Gasteiger partial charge in [-0.1, -0.05) is 238 Å². The maximum atomic E-state index is 7.84. The number of furan rings is 1. The van der Waals surface area contributed by atoms with Crippen LogP contribution < -0.4 is 52.1 Å². The van der Waals surface area contributed by atoms with Crippen LogP contribution in [0.25, 0.3) is 66.4 Å². The highest BCUT2D eigenvalue weighted by molar-refractivity contribution is 7.02. The highest BCUT2D eigenvalue weighted by Gasteiger charge is 2.52. The maximum absolute atomic E-state index is 7.84. The standard InChI is InChI=1S/C84H68B2N2O3/c1-82(2,3)55-44-60(51-28-14-10-15-29-51)77(61(45-55)52-30-16-11-17-31-52)87-67-43-42-59-58-36-22-25-39-70(58)90-80(59)75(67)86-66-50-73-76-81(91-72-41-27-24-38-65(72)85(76)64-37-23-26-40-71(64)89-73)79(66)88(69-49-57(84(7,8)9)48-68(87)74(69)86)78-62(53-32-18-12-19-33-53)46-56(83(4,5)6)47-63(78)54-34-20-13-21-35-54/h10-50H,1-9H3. The van der Waals surface area contributed by atoms with Crippen LogP contribution in [-0.2, 0) is 16.2 Å². The lowest BCUT2D eigenvalue weighted by atomic mass is 9.31. The molecule has 0 radical (unpaired) electrons. The number of fused-ring (bicyclic) bond motifs is 13. The third-order valence-electron chi connectivity index (χ3n) is 19.6. The number of hydrogen-bond acceptors (Lipinski definition) is 5. The molecule has 0 saturated heterocycles. The second-order valence-electron chi connectivity index (χ2n) is 28.3. The van der Waals surface area contributed by atoms with Gasteiger partial charge in [0.2, 0.25) is 0 Å². The van der Waals surface area contributed by atoms with Gasteiger partial charge < -0.3 is 23.7 Å². The quantitative estimate of drug-likeness (QED) is 0.155. The summed E-state index contributed by atoms with van der Waals surface area (Å²) in [7, 11) is 0. The van der Waals surface area contributed by atoms with Crippen molar-refractivity contribution in [2.45, 2.75) is 78.6 Å². The average Bonchev–Trinajstić information content (AvgIpc) is 1.40. The Labute approximate surface area is 534 Å². The molecule has 5 heterocycles. The van der Waals surface area contributed by atoms with Gasteiger partial charge in [0, 0.05) is 55.6 Å². The van der Waals surface area contributed by atoms with Crippen molar-refractivity contribution in [3.63, 3.8) is 0 Å². The minimum atomic E-state index is -0.425. The molecule has 0 bridgehead atoms. The van der Waals surface area contributed by atoms with Gasteiger partial charge in [-0.2, -0.15) is 0 Å². The molecule has 13 aromatic rings. The van der Waals surface area contributed by atoms with Crippen molar-refractivity contribution in [2.24, 2.45) is 0 Å². The Morgan fingerprint density at radius 1 is 0.308 bits per heavy atom. The van der Waals surface area contributed by atoms with E-state index in [0.29, 0.717) is 0 Å². The summed E-state index contributed by atoms with van der Waals surface area (Å²) in [5.41, 5.74) is 26.6. The van der Waals surface area contributed by atoms with Crippen LogP contribution in [-0.4, -0.2) is 13.4 Å². The van der Waals surface area contributed by atoms with Crippen molar-refractivity contribution in [1.82, 2.24) is 0 Å². The van der Waals surface area contributed by atoms with E-state index in [-0.39, 0.29) is 23.0 Å². The van der Waals surface area contributed by atoms with Crippen molar-refractivity contribution in [3.05, 3.63) is 265 Å². The van der Waals surface area contributed by atoms with E-state index in [9.17, 15) is 0 Å². The molecular formula is C84H68B2N2O3. The van der Waals surface area contributed by atoms with Gasteiger partial charge in [0.25, 0.3) is 13.4 Å². The number of anilines is 6. The Balaban J connectivity index is 1.11. The lowest BCUT2D eigenvalue weighted by molar-refractivity contribution is 0.466. The van der Waals surface area contributed by atoms with Crippen molar-refractivity contribution in [3.8, 4) is 67.5 Å². The second-order valence-corrected chi connectivity index (χ2v) is 28.3. The number of rotatable bonds is 6. The summed E-state index contributed by atoms with van der Waals surface area (Å²) in [4.78, 5) is 5.29. The molecule has 0 aliphatic carbocycles. The van der Waals surface area contributed by atoms with Gasteiger partial charge in [-0.15, -0.1) is 0 Å². The molecule has 91 heavy (non-hydrogen) atoms. The van der Waals surface area contributed by atoms with Gasteiger partial charge in [0.05, 0.1) is 17.1 Å². The largest absolute Gasteiger partial charge is 0.458 e. The number of nitrogens with zero attached hydrogens (tertiary/aromatic N) is 2. The van der Waals surface area contributed by atoms with Crippen molar-refractivity contribution in [2.75, 3.05) is 9.80 Å². The van der Waals surface area contributed by atoms with Gasteiger partial charge in [-0.25, -0.2) is 0 Å². The van der Waals surface area contributed by atoms with E-state index in [1.807, 2.05) is 0 Å². The fourth-order valence-electron chi connectivity index (χ4n) is 15.0. The molecule has 1 aromatic heterocycles. The summed E-state index contributed by atoms with van der Waals surface area (Å²) in [6.07, 6.45) is 0. The highest BCUT2D eigenvalue weighted by Crippen LogP contribution is 2.57. The predicted octanol–water partition coefficient (Wildman–Crippen LogP) is 19.0. The molecule has 4 aliphatic rings. The smallest absolute Gasteiger partial charge is 0.260 e. The minimum absolute atomic E-state index is 0.185. The summed E-state index contributed by atoms with van der Waals surface area (Å²) < 4.78 is 22.8. The minimum Gasteiger partial charge on any atom is -0.458 e. The zero-order valence-corrected chi connectivity index (χ0v) is 52.9. The van der Waals surface area contributed by atoms with Gasteiger partial charge in [-0.3, -0.25) is 0 Å². The van der Waals surface area contributed by atoms with Crippen molar-refractivity contribution in [1.29, 1.82) is 0 Å². The van der Waals surface area contributed by atoms with E-state index in [2.05, 4.69) is 321 Å². The van der Waals surface area contributed by atoms with Crippen LogP contribution >= 0.6 is 0 Å². The fraction of sp³-hybridized carbons (Fsp3) is 0.143. The molecule has 0 unspecified atom stereocenters. The van der Waals surface area contributed by atoms with Gasteiger partial charge in [-0.05, 0) is 155 Å². The molecule has 17 rings (SSSR count). The number of ether oxygens (including phenoxy) is 2. The second kappa shape index (κ2) is 20.1. The van der Waals surface area contributed by atoms with Crippen LogP contribution in [0.4, 0.5) is 34.1 Å². The molecule has 0 fully saturated rings. The first-order chi connectivity index (χ1) is 44.1. The number of hydrogen-bond donors (Lipinski definition) is 0. The summed E-state index contributed by atoms with van der Waals surface area (Å²) in [6.45, 7) is 20.5. The van der Waals surface area contributed by atoms with Crippen LogP contribution in [0, 0.1) is 0 Å². The Morgan fingerprint density at radius 3 is 1.24 bits per heavy atom. The topological polar surface area (TPSA) is 38.1 Å². The molecule has 0 saturated carbocycles. The molecule has 4 aliphatic heterocycles. The summed E-state index contributed by atoms with van der Waals surface area (Å²) >= 11 is 0. The Bertz CT molecular complexity index is 5000. The molecule has 0 atom stereocenters. The summed E-state index contributed by atoms with van der Waals surface area (Å²) in [5, 5.41) is 2.14. The normalized spacial score (nSPS) is 13.6. The highest BCUT2D eigenvalue weighted by atomic mass is 16.5. The molecular weight excluding hydrogens is 1110 g/mol. The number of benzene rings is 12. The van der Waals surface area contributed by atoms with Crippen LogP contribution in [0.2, 0.25) is 0 Å². The van der Waals surface area contributed by atoms with E-state index in [4.69, 9.17) is 13.9 Å². The summed E-state index contributed by atoms with van der Waals surface area (Å²) in [5.74, 6) is 3.25. The Hall–Kier alpha value is -10.2. The fourth-order valence-corrected chi connectivity index (χ4v) is 15.0. The van der Waals surface area contributed by atoms with Crippen molar-refractivity contribution < 1.29 is 13.9 Å². The van der Waals surface area contributed by atoms with Gasteiger partial charge in [0.15, 0.2) is 0 Å². The van der Waals surface area contributed by atoms with Crippen LogP contribution in [0.1, 0.15) is 79.0 Å². The average molecular weight is 1180 g/mol. The van der Waals surface area contributed by atoms with E-state index >= 15 is 0 Å². The van der Waals surface area contributed by atoms with E-state index in [1.54, 1.807) is 0 Å². The summed E-state index contributed by atoms with van der Waals surface area (Å²) in [6, 6.07) is 92.1. The zero-order chi connectivity index (χ0) is 61.8. The van der Waals surface area contributed by atoms with Gasteiger partial charge >= 0.3 is 0 Å². The Kier molecular flexibility index (Phi) is 12.1. The first-order valence-corrected chi connectivity index (χ1v) is 32.1. The monoisotopic (exact) mass is 1170 g/mol. The molecule has 12 aromatic carbocycles. The van der Waals surface area contributed by atoms with Crippen LogP contribution in [0.3, 0.4) is 0 Å². The molecule has 0 amide bonds. The third kappa shape index (κ3) is 8.53. The molecule has 5 nitrogen and oxygen atoms in total. The first kappa shape index (κ1) is 54.9. The lowest BCUT2D eigenvalue weighted by Gasteiger charge is -2.48. The number of para-hydroxylation sites is 3. The van der Waals surface area contributed by atoms with Crippen LogP contribution in [0.5, 0.6) is 23.0 Å². The van der Waals surface area contributed by atoms with Crippen molar-refractivity contribution >= 4 is 102 Å². The third-order valence-corrected chi connectivity index (χ3v) is 19.6. The first-order valence-electron chi connectivity index (χ1n) is 32.1. The predicted molar refractivity (Wildman–Crippen MR) is 383 cm³/mol. The van der Waals surface area contributed by atoms with Crippen LogP contribution in [0.15, 0.2) is 253 Å². The molecule has 438 valence electrons. The maximum Gasteiger partial charge on any atom is 0.260 e.